The van der Waals surface area contributed by atoms with Gasteiger partial charge in [-0.15, -0.1) is 0 Å². The SMILES string of the molecule is CCC.COC(=O)CNC(=O)c1cc(O)c(O)c(=O)cc1C. The molecule has 1 aromatic carbocycles. The first-order valence-electron chi connectivity index (χ1n) is 6.70. The first-order valence-corrected chi connectivity index (χ1v) is 6.70. The Balaban J connectivity index is 0.00000135. The molecule has 0 aromatic heterocycles. The molecule has 0 saturated heterocycles. The Hall–Kier alpha value is -2.57. The summed E-state index contributed by atoms with van der Waals surface area (Å²) in [5.41, 5.74) is -0.580. The van der Waals surface area contributed by atoms with Gasteiger partial charge in [0.15, 0.2) is 5.75 Å². The van der Waals surface area contributed by atoms with E-state index in [1.807, 2.05) is 0 Å². The van der Waals surface area contributed by atoms with E-state index in [4.69, 9.17) is 0 Å². The minimum absolute atomic E-state index is 0.0289. The molecule has 0 bridgehead atoms. The van der Waals surface area contributed by atoms with Crippen LogP contribution in [0.25, 0.3) is 0 Å². The number of aryl methyl sites for hydroxylation is 1. The van der Waals surface area contributed by atoms with E-state index in [1.165, 1.54) is 20.5 Å². The molecule has 0 saturated carbocycles. The number of carbonyl (C=O) groups is 2. The van der Waals surface area contributed by atoms with Gasteiger partial charge >= 0.3 is 5.97 Å². The standard InChI is InChI=1S/C12H13NO6.C3H8/c1-6-3-8(14)11(17)9(15)4-7(6)12(18)13-5-10(16)19-2;1-3-2/h3-4H,5H2,1-2H3,(H,13,18)(H2,14,15,17);3H2,1-2H3. The topological polar surface area (TPSA) is 113 Å². The zero-order valence-electron chi connectivity index (χ0n) is 13.1. The fourth-order valence-electron chi connectivity index (χ4n) is 1.35. The Morgan fingerprint density at radius 2 is 1.77 bits per heavy atom. The van der Waals surface area contributed by atoms with Crippen LogP contribution in [0.4, 0.5) is 0 Å². The van der Waals surface area contributed by atoms with Crippen molar-refractivity contribution in [1.29, 1.82) is 0 Å². The van der Waals surface area contributed by atoms with Gasteiger partial charge in [0.25, 0.3) is 5.91 Å². The predicted octanol–water partition coefficient (Wildman–Crippen LogP) is 1.09. The second-order valence-electron chi connectivity index (χ2n) is 4.45. The fourth-order valence-corrected chi connectivity index (χ4v) is 1.35. The lowest BCUT2D eigenvalue weighted by Gasteiger charge is -2.04. The Bertz CT molecular complexity index is 597. The lowest BCUT2D eigenvalue weighted by molar-refractivity contribution is -0.139. The first kappa shape index (κ1) is 19.4. The lowest BCUT2D eigenvalue weighted by atomic mass is 10.1. The van der Waals surface area contributed by atoms with Gasteiger partial charge in [0.05, 0.1) is 7.11 Å². The van der Waals surface area contributed by atoms with Crippen LogP contribution in [0.2, 0.25) is 0 Å². The molecule has 0 radical (unpaired) electrons. The van der Waals surface area contributed by atoms with Crippen molar-refractivity contribution in [3.8, 4) is 11.5 Å². The number of amides is 1. The second-order valence-corrected chi connectivity index (χ2v) is 4.45. The summed E-state index contributed by atoms with van der Waals surface area (Å²) in [5, 5.41) is 21.0. The molecular formula is C15H21NO6. The molecule has 0 aliphatic carbocycles. The first-order chi connectivity index (χ1) is 10.3. The van der Waals surface area contributed by atoms with Gasteiger partial charge in [-0.25, -0.2) is 0 Å². The summed E-state index contributed by atoms with van der Waals surface area (Å²) in [7, 11) is 1.18. The number of hydrogen-bond acceptors (Lipinski definition) is 6. The van der Waals surface area contributed by atoms with Gasteiger partial charge in [-0.2, -0.15) is 0 Å². The molecule has 22 heavy (non-hydrogen) atoms. The maximum absolute atomic E-state index is 11.8. The Labute approximate surface area is 128 Å². The monoisotopic (exact) mass is 311 g/mol. The molecule has 0 spiro atoms. The number of esters is 1. The zero-order valence-corrected chi connectivity index (χ0v) is 13.1. The van der Waals surface area contributed by atoms with Crippen molar-refractivity contribution in [1.82, 2.24) is 5.32 Å². The smallest absolute Gasteiger partial charge is 0.325 e. The van der Waals surface area contributed by atoms with E-state index in [0.717, 1.165) is 12.1 Å². The van der Waals surface area contributed by atoms with Crippen LogP contribution >= 0.6 is 0 Å². The van der Waals surface area contributed by atoms with Crippen molar-refractivity contribution in [3.05, 3.63) is 33.5 Å². The van der Waals surface area contributed by atoms with Crippen molar-refractivity contribution < 1.29 is 24.5 Å². The van der Waals surface area contributed by atoms with Crippen LogP contribution < -0.4 is 10.7 Å². The summed E-state index contributed by atoms with van der Waals surface area (Å²) in [4.78, 5) is 34.0. The van der Waals surface area contributed by atoms with Gasteiger partial charge in [0.2, 0.25) is 11.2 Å². The molecule has 7 nitrogen and oxygen atoms in total. The molecule has 0 heterocycles. The number of rotatable bonds is 3. The van der Waals surface area contributed by atoms with Crippen molar-refractivity contribution in [2.45, 2.75) is 27.2 Å². The molecule has 0 atom stereocenters. The molecular weight excluding hydrogens is 290 g/mol. The van der Waals surface area contributed by atoms with Crippen LogP contribution in [0.5, 0.6) is 11.5 Å². The normalized spacial score (nSPS) is 9.27. The van der Waals surface area contributed by atoms with E-state index in [2.05, 4.69) is 23.9 Å². The van der Waals surface area contributed by atoms with Crippen LogP contribution in [0.15, 0.2) is 16.9 Å². The van der Waals surface area contributed by atoms with E-state index in [0.29, 0.717) is 0 Å². The predicted molar refractivity (Wildman–Crippen MR) is 81.1 cm³/mol. The third kappa shape index (κ3) is 5.82. The van der Waals surface area contributed by atoms with Gasteiger partial charge < -0.3 is 20.3 Å². The summed E-state index contributed by atoms with van der Waals surface area (Å²) >= 11 is 0. The van der Waals surface area contributed by atoms with E-state index in [-0.39, 0.29) is 17.7 Å². The van der Waals surface area contributed by atoms with Gasteiger partial charge in [0.1, 0.15) is 6.54 Å². The van der Waals surface area contributed by atoms with Gasteiger partial charge in [-0.3, -0.25) is 14.4 Å². The largest absolute Gasteiger partial charge is 0.504 e. The Morgan fingerprint density at radius 1 is 1.23 bits per heavy atom. The van der Waals surface area contributed by atoms with Crippen LogP contribution in [-0.2, 0) is 9.53 Å². The van der Waals surface area contributed by atoms with Crippen LogP contribution in [0, 0.1) is 6.92 Å². The third-order valence-corrected chi connectivity index (χ3v) is 2.40. The number of carbonyl (C=O) groups excluding carboxylic acids is 2. The maximum atomic E-state index is 11.8. The van der Waals surface area contributed by atoms with Crippen LogP contribution in [-0.4, -0.2) is 35.7 Å². The van der Waals surface area contributed by atoms with Gasteiger partial charge in [0, 0.05) is 5.56 Å². The summed E-state index contributed by atoms with van der Waals surface area (Å²) in [6, 6.07) is 1.97. The quantitative estimate of drug-likeness (QED) is 0.720. The molecule has 0 unspecified atom stereocenters. The third-order valence-electron chi connectivity index (χ3n) is 2.40. The van der Waals surface area contributed by atoms with Crippen LogP contribution in [0.3, 0.4) is 0 Å². The van der Waals surface area contributed by atoms with Crippen molar-refractivity contribution in [2.75, 3.05) is 13.7 Å². The fraction of sp³-hybridized carbons (Fsp3) is 0.400. The highest BCUT2D eigenvalue weighted by Crippen LogP contribution is 2.21. The summed E-state index contributed by atoms with van der Waals surface area (Å²) in [6.45, 7) is 5.37. The van der Waals surface area contributed by atoms with E-state index < -0.39 is 28.8 Å². The highest BCUT2D eigenvalue weighted by Gasteiger charge is 2.14. The minimum atomic E-state index is -0.838. The number of hydrogen-bond donors (Lipinski definition) is 3. The number of aromatic hydroxyl groups is 2. The number of ether oxygens (including phenoxy) is 1. The maximum Gasteiger partial charge on any atom is 0.325 e. The van der Waals surface area contributed by atoms with E-state index in [1.54, 1.807) is 0 Å². The number of nitrogens with one attached hydrogen (secondary N) is 1. The average Bonchev–Trinajstić information content (AvgIpc) is 2.57. The minimum Gasteiger partial charge on any atom is -0.504 e. The van der Waals surface area contributed by atoms with Crippen molar-refractivity contribution in [2.24, 2.45) is 0 Å². The summed E-state index contributed by atoms with van der Waals surface area (Å²) in [6.07, 6.45) is 1.25. The highest BCUT2D eigenvalue weighted by atomic mass is 16.5. The molecule has 0 fully saturated rings. The van der Waals surface area contributed by atoms with Crippen LogP contribution in [0.1, 0.15) is 36.2 Å². The summed E-state index contributed by atoms with van der Waals surface area (Å²) < 4.78 is 4.35. The van der Waals surface area contributed by atoms with Gasteiger partial charge in [-0.1, -0.05) is 20.3 Å². The molecule has 7 heteroatoms. The van der Waals surface area contributed by atoms with E-state index >= 15 is 0 Å². The average molecular weight is 311 g/mol. The summed E-state index contributed by atoms with van der Waals surface area (Å²) in [5.74, 6) is -2.85. The van der Waals surface area contributed by atoms with Crippen molar-refractivity contribution in [3.63, 3.8) is 0 Å². The highest BCUT2D eigenvalue weighted by molar-refractivity contribution is 5.97. The Kier molecular flexibility index (Phi) is 8.29. The second kappa shape index (κ2) is 9.38. The molecule has 122 valence electrons. The number of methoxy groups -OCH3 is 1. The lowest BCUT2D eigenvalue weighted by Crippen LogP contribution is -2.30. The Morgan fingerprint density at radius 3 is 2.27 bits per heavy atom. The van der Waals surface area contributed by atoms with Crippen molar-refractivity contribution >= 4 is 11.9 Å². The van der Waals surface area contributed by atoms with Gasteiger partial charge in [-0.05, 0) is 24.6 Å². The molecule has 0 aliphatic heterocycles. The molecule has 3 N–H and O–H groups in total. The van der Waals surface area contributed by atoms with E-state index in [9.17, 15) is 24.6 Å². The molecule has 1 rings (SSSR count). The zero-order chi connectivity index (χ0) is 17.3. The molecule has 1 amide bonds. The molecule has 0 aliphatic rings. The molecule has 1 aromatic rings.